The molecule has 0 aliphatic carbocycles. The molecule has 7 nitrogen and oxygen atoms in total. The summed E-state index contributed by atoms with van der Waals surface area (Å²) in [4.78, 5) is 23.4. The largest absolute Gasteiger partial charge is 0.462 e. The van der Waals surface area contributed by atoms with Crippen molar-refractivity contribution in [3.8, 4) is 0 Å². The Labute approximate surface area is 131 Å². The van der Waals surface area contributed by atoms with Crippen LogP contribution >= 0.6 is 0 Å². The zero-order valence-corrected chi connectivity index (χ0v) is 13.7. The van der Waals surface area contributed by atoms with Crippen LogP contribution in [-0.4, -0.2) is 63.8 Å². The lowest BCUT2D eigenvalue weighted by Gasteiger charge is -2.29. The number of hydrogen-bond donors (Lipinski definition) is 1. The number of ether oxygens (including phenoxy) is 4. The fraction of sp³-hybridized carbons (Fsp3) is 0.733. The Morgan fingerprint density at radius 1 is 1.14 bits per heavy atom. The molecule has 0 heterocycles. The van der Waals surface area contributed by atoms with Gasteiger partial charge in [-0.15, -0.1) is 0 Å². The summed E-state index contributed by atoms with van der Waals surface area (Å²) in [6.07, 6.45) is -0.638. The molecular formula is C15H26O7. The third-order valence-electron chi connectivity index (χ3n) is 3.11. The lowest BCUT2D eigenvalue weighted by atomic mass is 9.87. The second kappa shape index (κ2) is 10.3. The van der Waals surface area contributed by atoms with E-state index >= 15 is 0 Å². The zero-order valence-electron chi connectivity index (χ0n) is 13.7. The van der Waals surface area contributed by atoms with Crippen molar-refractivity contribution in [3.05, 3.63) is 12.2 Å². The van der Waals surface area contributed by atoms with E-state index in [1.54, 1.807) is 0 Å². The van der Waals surface area contributed by atoms with E-state index in [0.29, 0.717) is 6.42 Å². The number of esters is 2. The Hall–Kier alpha value is -1.44. The quantitative estimate of drug-likeness (QED) is 0.443. The van der Waals surface area contributed by atoms with Gasteiger partial charge in [0.1, 0.15) is 24.7 Å². The number of carbonyl (C=O) groups excluding carboxylic acids is 2. The van der Waals surface area contributed by atoms with Crippen molar-refractivity contribution in [1.29, 1.82) is 0 Å². The van der Waals surface area contributed by atoms with Crippen molar-refractivity contribution >= 4 is 11.9 Å². The van der Waals surface area contributed by atoms with E-state index in [1.165, 1.54) is 21.1 Å². The SMILES string of the molecule is C=C(C)C(=O)OCC(O)COC(=O)C(CC)(COC)COC. The first-order valence-electron chi connectivity index (χ1n) is 6.98. The number of methoxy groups -OCH3 is 2. The highest BCUT2D eigenvalue weighted by molar-refractivity contribution is 5.86. The second-order valence-corrected chi connectivity index (χ2v) is 5.13. The number of aliphatic hydroxyl groups excluding tert-OH is 1. The first-order valence-corrected chi connectivity index (χ1v) is 6.98. The van der Waals surface area contributed by atoms with Crippen LogP contribution in [0.15, 0.2) is 12.2 Å². The normalized spacial score (nSPS) is 12.6. The summed E-state index contributed by atoms with van der Waals surface area (Å²) in [5, 5.41) is 9.68. The number of carbonyl (C=O) groups is 2. The molecule has 0 aromatic carbocycles. The Morgan fingerprint density at radius 3 is 2.05 bits per heavy atom. The van der Waals surface area contributed by atoms with Crippen LogP contribution < -0.4 is 0 Å². The average Bonchev–Trinajstić information content (AvgIpc) is 2.49. The van der Waals surface area contributed by atoms with Crippen molar-refractivity contribution in [2.24, 2.45) is 5.41 Å². The van der Waals surface area contributed by atoms with E-state index in [9.17, 15) is 14.7 Å². The highest BCUT2D eigenvalue weighted by atomic mass is 16.6. The average molecular weight is 318 g/mol. The summed E-state index contributed by atoms with van der Waals surface area (Å²) < 4.78 is 20.0. The molecule has 1 N–H and O–H groups in total. The Morgan fingerprint density at radius 2 is 1.64 bits per heavy atom. The van der Waals surface area contributed by atoms with Crippen molar-refractivity contribution in [3.63, 3.8) is 0 Å². The Balaban J connectivity index is 4.43. The fourth-order valence-electron chi connectivity index (χ4n) is 1.73. The molecule has 0 aliphatic rings. The predicted molar refractivity (Wildman–Crippen MR) is 79.2 cm³/mol. The van der Waals surface area contributed by atoms with Crippen molar-refractivity contribution in [1.82, 2.24) is 0 Å². The standard InChI is InChI=1S/C15H26O7/c1-6-15(9-19-4,10-20-5)14(18)22-8-12(16)7-21-13(17)11(2)3/h12,16H,2,6-10H2,1,3-5H3. The molecule has 0 spiro atoms. The molecule has 1 unspecified atom stereocenters. The summed E-state index contributed by atoms with van der Waals surface area (Å²) in [7, 11) is 2.97. The van der Waals surface area contributed by atoms with E-state index < -0.39 is 23.5 Å². The molecule has 7 heteroatoms. The molecule has 0 aromatic heterocycles. The van der Waals surface area contributed by atoms with Crippen LogP contribution in [-0.2, 0) is 28.5 Å². The van der Waals surface area contributed by atoms with Crippen LogP contribution in [0, 0.1) is 5.41 Å². The maximum atomic E-state index is 12.2. The minimum absolute atomic E-state index is 0.150. The minimum Gasteiger partial charge on any atom is -0.462 e. The van der Waals surface area contributed by atoms with Crippen LogP contribution in [0.2, 0.25) is 0 Å². The number of rotatable bonds is 11. The van der Waals surface area contributed by atoms with Gasteiger partial charge in [-0.2, -0.15) is 0 Å². The number of hydrogen-bond acceptors (Lipinski definition) is 7. The third-order valence-corrected chi connectivity index (χ3v) is 3.11. The number of aliphatic hydroxyl groups is 1. The van der Waals surface area contributed by atoms with E-state index in [0.717, 1.165) is 0 Å². The van der Waals surface area contributed by atoms with Gasteiger partial charge in [0.05, 0.1) is 13.2 Å². The summed E-state index contributed by atoms with van der Waals surface area (Å²) >= 11 is 0. The highest BCUT2D eigenvalue weighted by Gasteiger charge is 2.39. The van der Waals surface area contributed by atoms with Crippen LogP contribution in [0.1, 0.15) is 20.3 Å². The third kappa shape index (κ3) is 6.55. The van der Waals surface area contributed by atoms with Gasteiger partial charge in [0, 0.05) is 19.8 Å². The predicted octanol–water partition coefficient (Wildman–Crippen LogP) is 0.699. The molecular weight excluding hydrogens is 292 g/mol. The van der Waals surface area contributed by atoms with Crippen LogP contribution in [0.4, 0.5) is 0 Å². The minimum atomic E-state index is -1.10. The van der Waals surface area contributed by atoms with Gasteiger partial charge < -0.3 is 24.1 Å². The maximum Gasteiger partial charge on any atom is 0.333 e. The van der Waals surface area contributed by atoms with Gasteiger partial charge in [0.2, 0.25) is 0 Å². The van der Waals surface area contributed by atoms with Crippen molar-refractivity contribution < 1.29 is 33.6 Å². The lowest BCUT2D eigenvalue weighted by Crippen LogP contribution is -2.42. The highest BCUT2D eigenvalue weighted by Crippen LogP contribution is 2.25. The molecule has 0 saturated carbocycles. The van der Waals surface area contributed by atoms with Crippen molar-refractivity contribution in [2.45, 2.75) is 26.4 Å². The van der Waals surface area contributed by atoms with Gasteiger partial charge in [-0.25, -0.2) is 4.79 Å². The smallest absolute Gasteiger partial charge is 0.333 e. The molecule has 0 aliphatic heterocycles. The van der Waals surface area contributed by atoms with Gasteiger partial charge in [-0.3, -0.25) is 4.79 Å². The molecule has 0 aromatic rings. The molecule has 0 saturated heterocycles. The van der Waals surface area contributed by atoms with Crippen LogP contribution in [0.3, 0.4) is 0 Å². The molecule has 22 heavy (non-hydrogen) atoms. The molecule has 0 radical (unpaired) electrons. The molecule has 0 bridgehead atoms. The molecule has 0 fully saturated rings. The van der Waals surface area contributed by atoms with Gasteiger partial charge in [0.15, 0.2) is 0 Å². The topological polar surface area (TPSA) is 91.3 Å². The fourth-order valence-corrected chi connectivity index (χ4v) is 1.73. The van der Waals surface area contributed by atoms with E-state index in [2.05, 4.69) is 6.58 Å². The Kier molecular flexibility index (Phi) is 9.64. The first-order chi connectivity index (χ1) is 10.3. The summed E-state index contributed by atoms with van der Waals surface area (Å²) in [6, 6.07) is 0. The zero-order chi connectivity index (χ0) is 17.2. The van der Waals surface area contributed by atoms with Gasteiger partial charge in [-0.05, 0) is 13.3 Å². The molecule has 0 amide bonds. The van der Waals surface area contributed by atoms with E-state index in [1.807, 2.05) is 6.92 Å². The molecule has 0 rings (SSSR count). The maximum absolute atomic E-state index is 12.2. The molecule has 1 atom stereocenters. The van der Waals surface area contributed by atoms with Gasteiger partial charge in [-0.1, -0.05) is 13.5 Å². The summed E-state index contributed by atoms with van der Waals surface area (Å²) in [6.45, 7) is 6.49. The summed E-state index contributed by atoms with van der Waals surface area (Å²) in [5.41, 5.74) is -0.688. The van der Waals surface area contributed by atoms with E-state index in [-0.39, 0.29) is 32.0 Å². The van der Waals surface area contributed by atoms with Crippen molar-refractivity contribution in [2.75, 3.05) is 40.6 Å². The second-order valence-electron chi connectivity index (χ2n) is 5.13. The summed E-state index contributed by atoms with van der Waals surface area (Å²) in [5.74, 6) is -1.13. The monoisotopic (exact) mass is 318 g/mol. The van der Waals surface area contributed by atoms with E-state index in [4.69, 9.17) is 18.9 Å². The lowest BCUT2D eigenvalue weighted by molar-refractivity contribution is -0.168. The van der Waals surface area contributed by atoms with Gasteiger partial charge in [0.25, 0.3) is 0 Å². The molecule has 128 valence electrons. The Bertz CT molecular complexity index is 372. The van der Waals surface area contributed by atoms with Crippen LogP contribution in [0.25, 0.3) is 0 Å². The first kappa shape index (κ1) is 20.6. The van der Waals surface area contributed by atoms with Gasteiger partial charge >= 0.3 is 11.9 Å². The van der Waals surface area contributed by atoms with Crippen LogP contribution in [0.5, 0.6) is 0 Å².